The van der Waals surface area contributed by atoms with E-state index in [-0.39, 0.29) is 12.5 Å². The molecular formula is C15H19N3O3. The minimum absolute atomic E-state index is 0.0924. The van der Waals surface area contributed by atoms with Crippen LogP contribution in [0.25, 0.3) is 0 Å². The predicted molar refractivity (Wildman–Crippen MR) is 77.8 cm³/mol. The summed E-state index contributed by atoms with van der Waals surface area (Å²) in [5, 5.41) is 15.4. The number of rotatable bonds is 7. The molecule has 0 aliphatic heterocycles. The third-order valence-corrected chi connectivity index (χ3v) is 2.97. The molecule has 0 unspecified atom stereocenters. The first-order chi connectivity index (χ1) is 10.2. The van der Waals surface area contributed by atoms with Crippen molar-refractivity contribution in [2.45, 2.75) is 32.6 Å². The summed E-state index contributed by atoms with van der Waals surface area (Å²) in [4.78, 5) is 15.9. The monoisotopic (exact) mass is 289 g/mol. The second-order valence-corrected chi connectivity index (χ2v) is 4.81. The number of hydrogen-bond donors (Lipinski definition) is 2. The van der Waals surface area contributed by atoms with Crippen molar-refractivity contribution in [3.8, 4) is 0 Å². The van der Waals surface area contributed by atoms with E-state index in [0.717, 1.165) is 17.7 Å². The van der Waals surface area contributed by atoms with E-state index in [9.17, 15) is 4.79 Å². The Balaban J connectivity index is 1.84. The van der Waals surface area contributed by atoms with Crippen LogP contribution >= 0.6 is 0 Å². The van der Waals surface area contributed by atoms with E-state index in [2.05, 4.69) is 15.5 Å². The fourth-order valence-electron chi connectivity index (χ4n) is 1.97. The zero-order valence-corrected chi connectivity index (χ0v) is 12.0. The fraction of sp³-hybridized carbons (Fsp3) is 0.400. The number of hydrogen-bond acceptors (Lipinski definition) is 5. The Morgan fingerprint density at radius 1 is 1.38 bits per heavy atom. The zero-order chi connectivity index (χ0) is 15.1. The molecule has 2 N–H and O–H groups in total. The normalized spacial score (nSPS) is 10.6. The molecule has 0 saturated carbocycles. The first-order valence-electron chi connectivity index (χ1n) is 6.96. The number of carbonyl (C=O) groups is 1. The van der Waals surface area contributed by atoms with Crippen LogP contribution in [0, 0.1) is 6.92 Å². The van der Waals surface area contributed by atoms with Crippen molar-refractivity contribution >= 4 is 11.6 Å². The van der Waals surface area contributed by atoms with Gasteiger partial charge in [0.05, 0.1) is 0 Å². The van der Waals surface area contributed by atoms with Gasteiger partial charge in [0.15, 0.2) is 5.82 Å². The molecule has 2 rings (SSSR count). The highest BCUT2D eigenvalue weighted by Crippen LogP contribution is 2.13. The Bertz CT molecular complexity index is 595. The average Bonchev–Trinajstić information content (AvgIpc) is 2.89. The lowest BCUT2D eigenvalue weighted by Gasteiger charge is -2.06. The molecule has 21 heavy (non-hydrogen) atoms. The number of benzene rings is 1. The fourth-order valence-corrected chi connectivity index (χ4v) is 1.97. The Morgan fingerprint density at radius 3 is 2.95 bits per heavy atom. The van der Waals surface area contributed by atoms with Gasteiger partial charge in [0.2, 0.25) is 11.8 Å². The van der Waals surface area contributed by atoms with Crippen molar-refractivity contribution in [1.29, 1.82) is 0 Å². The number of carbonyl (C=O) groups excluding carboxylic acids is 1. The summed E-state index contributed by atoms with van der Waals surface area (Å²) in [5.41, 5.74) is 1.85. The van der Waals surface area contributed by atoms with Gasteiger partial charge in [-0.1, -0.05) is 17.3 Å². The number of aliphatic hydroxyl groups is 1. The minimum Gasteiger partial charge on any atom is -0.396 e. The maximum absolute atomic E-state index is 11.9. The largest absolute Gasteiger partial charge is 0.396 e. The molecule has 1 aromatic heterocycles. The molecule has 2 aromatic rings. The maximum atomic E-state index is 11.9. The van der Waals surface area contributed by atoms with Gasteiger partial charge in [0, 0.05) is 25.1 Å². The van der Waals surface area contributed by atoms with Crippen LogP contribution in [0.3, 0.4) is 0 Å². The average molecular weight is 289 g/mol. The molecule has 112 valence electrons. The van der Waals surface area contributed by atoms with E-state index in [1.165, 1.54) is 0 Å². The first kappa shape index (κ1) is 15.2. The number of nitrogens with one attached hydrogen (secondary N) is 1. The molecular weight excluding hydrogens is 270 g/mol. The highest BCUT2D eigenvalue weighted by atomic mass is 16.5. The molecule has 0 aliphatic rings. The molecule has 0 atom stereocenters. The molecule has 1 aromatic carbocycles. The van der Waals surface area contributed by atoms with Crippen LogP contribution < -0.4 is 5.32 Å². The number of anilines is 1. The summed E-state index contributed by atoms with van der Waals surface area (Å²) >= 11 is 0. The van der Waals surface area contributed by atoms with Crippen molar-refractivity contribution in [2.75, 3.05) is 11.9 Å². The van der Waals surface area contributed by atoms with Crippen LogP contribution in [-0.2, 0) is 17.6 Å². The van der Waals surface area contributed by atoms with Crippen molar-refractivity contribution in [2.24, 2.45) is 0 Å². The lowest BCUT2D eigenvalue weighted by Crippen LogP contribution is -2.12. The number of aromatic nitrogens is 2. The summed E-state index contributed by atoms with van der Waals surface area (Å²) in [7, 11) is 0. The number of amides is 1. The third kappa shape index (κ3) is 5.00. The summed E-state index contributed by atoms with van der Waals surface area (Å²) in [5.74, 6) is 0.950. The van der Waals surface area contributed by atoms with Crippen LogP contribution in [0.2, 0.25) is 0 Å². The Hall–Kier alpha value is -2.21. The Kier molecular flexibility index (Phi) is 5.45. The predicted octanol–water partition coefficient (Wildman–Crippen LogP) is 1.87. The van der Waals surface area contributed by atoms with Crippen molar-refractivity contribution in [1.82, 2.24) is 10.1 Å². The van der Waals surface area contributed by atoms with E-state index in [4.69, 9.17) is 9.63 Å². The lowest BCUT2D eigenvalue weighted by molar-refractivity contribution is -0.116. The van der Waals surface area contributed by atoms with Gasteiger partial charge in [-0.05, 0) is 37.5 Å². The highest BCUT2D eigenvalue weighted by molar-refractivity contribution is 5.90. The number of aliphatic hydroxyl groups excluding tert-OH is 1. The number of aryl methyl sites for hydroxylation is 3. The van der Waals surface area contributed by atoms with Crippen LogP contribution in [-0.4, -0.2) is 27.8 Å². The Labute approximate surface area is 123 Å². The zero-order valence-electron chi connectivity index (χ0n) is 12.0. The van der Waals surface area contributed by atoms with Crippen molar-refractivity contribution in [3.63, 3.8) is 0 Å². The van der Waals surface area contributed by atoms with Crippen LogP contribution in [0.4, 0.5) is 5.69 Å². The number of nitrogens with zero attached hydrogens (tertiary/aromatic N) is 2. The molecule has 1 heterocycles. The maximum Gasteiger partial charge on any atom is 0.227 e. The summed E-state index contributed by atoms with van der Waals surface area (Å²) in [6.45, 7) is 1.91. The molecule has 1 amide bonds. The molecule has 0 fully saturated rings. The SMILES string of the molecule is Cc1noc(CCC(=O)Nc2cccc(CCCO)c2)n1. The van der Waals surface area contributed by atoms with Gasteiger partial charge in [-0.25, -0.2) is 0 Å². The van der Waals surface area contributed by atoms with Crippen LogP contribution in [0.5, 0.6) is 0 Å². The molecule has 0 radical (unpaired) electrons. The van der Waals surface area contributed by atoms with Crippen molar-refractivity contribution < 1.29 is 14.4 Å². The van der Waals surface area contributed by atoms with E-state index in [1.54, 1.807) is 6.92 Å². The summed E-state index contributed by atoms with van der Waals surface area (Å²) < 4.78 is 4.96. The molecule has 0 saturated heterocycles. The van der Waals surface area contributed by atoms with Gasteiger partial charge in [-0.15, -0.1) is 0 Å². The smallest absolute Gasteiger partial charge is 0.227 e. The summed E-state index contributed by atoms with van der Waals surface area (Å²) in [6.07, 6.45) is 2.23. The van der Waals surface area contributed by atoms with E-state index >= 15 is 0 Å². The Morgan fingerprint density at radius 2 is 2.24 bits per heavy atom. The quantitative estimate of drug-likeness (QED) is 0.812. The first-order valence-corrected chi connectivity index (χ1v) is 6.96. The molecule has 6 heteroatoms. The van der Waals surface area contributed by atoms with Gasteiger partial charge >= 0.3 is 0 Å². The molecule has 0 aliphatic carbocycles. The lowest BCUT2D eigenvalue weighted by atomic mass is 10.1. The van der Waals surface area contributed by atoms with Gasteiger partial charge in [0.1, 0.15) is 0 Å². The minimum atomic E-state index is -0.0924. The van der Waals surface area contributed by atoms with E-state index in [0.29, 0.717) is 31.0 Å². The van der Waals surface area contributed by atoms with Gasteiger partial charge in [-0.3, -0.25) is 4.79 Å². The van der Waals surface area contributed by atoms with Crippen molar-refractivity contribution in [3.05, 3.63) is 41.5 Å². The molecule has 6 nitrogen and oxygen atoms in total. The second-order valence-electron chi connectivity index (χ2n) is 4.81. The topological polar surface area (TPSA) is 88.2 Å². The molecule has 0 bridgehead atoms. The van der Waals surface area contributed by atoms with Gasteiger partial charge in [-0.2, -0.15) is 4.98 Å². The van der Waals surface area contributed by atoms with Crippen LogP contribution in [0.15, 0.2) is 28.8 Å². The van der Waals surface area contributed by atoms with Gasteiger partial charge in [0.25, 0.3) is 0 Å². The molecule has 0 spiro atoms. The van der Waals surface area contributed by atoms with E-state index in [1.807, 2.05) is 24.3 Å². The summed E-state index contributed by atoms with van der Waals surface area (Å²) in [6, 6.07) is 7.64. The highest BCUT2D eigenvalue weighted by Gasteiger charge is 2.08. The van der Waals surface area contributed by atoms with Crippen LogP contribution in [0.1, 0.15) is 30.1 Å². The van der Waals surface area contributed by atoms with Gasteiger partial charge < -0.3 is 14.9 Å². The standard InChI is InChI=1S/C15H19N3O3/c1-11-16-15(21-18-11)8-7-14(20)17-13-6-2-4-12(10-13)5-3-9-19/h2,4,6,10,19H,3,5,7-9H2,1H3,(H,17,20). The third-order valence-electron chi connectivity index (χ3n) is 2.97. The van der Waals surface area contributed by atoms with E-state index < -0.39 is 0 Å². The second kappa shape index (κ2) is 7.54.